The zero-order valence-corrected chi connectivity index (χ0v) is 15.4. The lowest BCUT2D eigenvalue weighted by atomic mass is 9.96. The van der Waals surface area contributed by atoms with Crippen molar-refractivity contribution >= 4 is 11.8 Å². The van der Waals surface area contributed by atoms with E-state index in [2.05, 4.69) is 26.6 Å². The number of pyridine rings is 1. The third-order valence-electron chi connectivity index (χ3n) is 5.25. The van der Waals surface area contributed by atoms with Crippen LogP contribution in [0, 0.1) is 5.92 Å². The fourth-order valence-corrected chi connectivity index (χ4v) is 3.89. The van der Waals surface area contributed by atoms with Crippen LogP contribution in [0.15, 0.2) is 36.2 Å². The first-order valence-electron chi connectivity index (χ1n) is 9.46. The number of hydrogen-bond donors (Lipinski definition) is 2. The predicted octanol–water partition coefficient (Wildman–Crippen LogP) is 1.63. The Bertz CT molecular complexity index is 659. The largest absolute Gasteiger partial charge is 0.359 e. The topological polar surface area (TPSA) is 74.3 Å². The highest BCUT2D eigenvalue weighted by atomic mass is 16.2. The van der Waals surface area contributed by atoms with Gasteiger partial charge in [0, 0.05) is 45.5 Å². The van der Waals surface area contributed by atoms with E-state index >= 15 is 0 Å². The van der Waals surface area contributed by atoms with E-state index in [9.17, 15) is 9.59 Å². The van der Waals surface area contributed by atoms with Gasteiger partial charge in [-0.05, 0) is 43.4 Å². The molecule has 0 saturated carbocycles. The number of aromatic nitrogens is 1. The number of carbonyl (C=O) groups excluding carboxylic acids is 2. The molecule has 1 saturated heterocycles. The summed E-state index contributed by atoms with van der Waals surface area (Å²) in [5.41, 5.74) is 2.40. The first-order chi connectivity index (χ1) is 12.7. The molecule has 0 aromatic carbocycles. The second-order valence-electron chi connectivity index (χ2n) is 7.23. The molecule has 3 rings (SSSR count). The van der Waals surface area contributed by atoms with Crippen LogP contribution in [0.2, 0.25) is 0 Å². The van der Waals surface area contributed by atoms with Crippen molar-refractivity contribution in [1.29, 1.82) is 0 Å². The number of rotatable bonds is 6. The van der Waals surface area contributed by atoms with Gasteiger partial charge in [-0.25, -0.2) is 0 Å². The molecule has 2 atom stereocenters. The minimum Gasteiger partial charge on any atom is -0.359 e. The maximum atomic E-state index is 12.5. The van der Waals surface area contributed by atoms with Gasteiger partial charge in [0.1, 0.15) is 0 Å². The Kier molecular flexibility index (Phi) is 6.39. The average Bonchev–Trinajstić information content (AvgIpc) is 3.04. The van der Waals surface area contributed by atoms with Gasteiger partial charge in [-0.15, -0.1) is 0 Å². The van der Waals surface area contributed by atoms with E-state index in [1.807, 2.05) is 12.1 Å². The quantitative estimate of drug-likeness (QED) is 0.760. The van der Waals surface area contributed by atoms with Gasteiger partial charge < -0.3 is 10.6 Å². The Hall–Kier alpha value is -2.21. The molecule has 0 radical (unpaired) electrons. The molecule has 0 bridgehead atoms. The summed E-state index contributed by atoms with van der Waals surface area (Å²) in [5, 5.41) is 5.85. The molecule has 2 aliphatic rings. The first kappa shape index (κ1) is 18.6. The second kappa shape index (κ2) is 8.94. The number of likely N-dealkylation sites (tertiary alicyclic amines) is 1. The van der Waals surface area contributed by atoms with Crippen molar-refractivity contribution in [1.82, 2.24) is 20.5 Å². The normalized spacial score (nSPS) is 23.3. The molecule has 2 N–H and O–H groups in total. The van der Waals surface area contributed by atoms with Crippen molar-refractivity contribution in [2.75, 3.05) is 20.1 Å². The SMILES string of the molecule is CNC(=O)[C@H]1CN(Cc2ccncc2)C[C@@H]1NC(=O)CC1=CCCCC1. The van der Waals surface area contributed by atoms with Crippen LogP contribution in [0.5, 0.6) is 0 Å². The summed E-state index contributed by atoms with van der Waals surface area (Å²) >= 11 is 0. The molecular formula is C20H28N4O2. The van der Waals surface area contributed by atoms with Crippen LogP contribution < -0.4 is 10.6 Å². The molecule has 26 heavy (non-hydrogen) atoms. The lowest BCUT2D eigenvalue weighted by Gasteiger charge is -2.20. The zero-order chi connectivity index (χ0) is 18.4. The molecule has 1 aromatic rings. The number of carbonyl (C=O) groups is 2. The van der Waals surface area contributed by atoms with Crippen molar-refractivity contribution in [2.24, 2.45) is 5.92 Å². The standard InChI is InChI=1S/C20H28N4O2/c1-21-20(26)17-13-24(12-16-7-9-22-10-8-16)14-18(17)23-19(25)11-15-5-3-2-4-6-15/h5,7-10,17-18H,2-4,6,11-14H2,1H3,(H,21,26)(H,23,25)/t17-,18-/m0/s1. The van der Waals surface area contributed by atoms with Crippen molar-refractivity contribution in [2.45, 2.75) is 44.7 Å². The number of hydrogen-bond acceptors (Lipinski definition) is 4. The Morgan fingerprint density at radius 3 is 2.73 bits per heavy atom. The Morgan fingerprint density at radius 1 is 1.23 bits per heavy atom. The van der Waals surface area contributed by atoms with Gasteiger partial charge in [0.2, 0.25) is 11.8 Å². The summed E-state index contributed by atoms with van der Waals surface area (Å²) in [5.74, 6) is -0.196. The van der Waals surface area contributed by atoms with Crippen LogP contribution in [0.25, 0.3) is 0 Å². The molecule has 0 spiro atoms. The van der Waals surface area contributed by atoms with Crippen LogP contribution in [0.3, 0.4) is 0 Å². The van der Waals surface area contributed by atoms with Crippen molar-refractivity contribution in [3.05, 3.63) is 41.7 Å². The van der Waals surface area contributed by atoms with Crippen molar-refractivity contribution in [3.63, 3.8) is 0 Å². The van der Waals surface area contributed by atoms with Crippen LogP contribution >= 0.6 is 0 Å². The van der Waals surface area contributed by atoms with Crippen molar-refractivity contribution < 1.29 is 9.59 Å². The molecule has 2 heterocycles. The molecule has 1 aromatic heterocycles. The van der Waals surface area contributed by atoms with Crippen LogP contribution in [-0.2, 0) is 16.1 Å². The number of allylic oxidation sites excluding steroid dienone is 1. The number of nitrogens with one attached hydrogen (secondary N) is 2. The lowest BCUT2D eigenvalue weighted by Crippen LogP contribution is -2.45. The number of amides is 2. The first-order valence-corrected chi connectivity index (χ1v) is 9.46. The summed E-state index contributed by atoms with van der Waals surface area (Å²) in [6, 6.07) is 3.82. The Balaban J connectivity index is 1.60. The van der Waals surface area contributed by atoms with Crippen LogP contribution in [0.4, 0.5) is 0 Å². The van der Waals surface area contributed by atoms with E-state index in [0.717, 1.165) is 24.9 Å². The molecule has 6 nitrogen and oxygen atoms in total. The second-order valence-corrected chi connectivity index (χ2v) is 7.23. The zero-order valence-electron chi connectivity index (χ0n) is 15.4. The van der Waals surface area contributed by atoms with Crippen LogP contribution in [-0.4, -0.2) is 47.9 Å². The fourth-order valence-electron chi connectivity index (χ4n) is 3.89. The Morgan fingerprint density at radius 2 is 2.04 bits per heavy atom. The van der Waals surface area contributed by atoms with E-state index < -0.39 is 0 Å². The minimum absolute atomic E-state index is 0.00981. The van der Waals surface area contributed by atoms with Gasteiger partial charge in [0.15, 0.2) is 0 Å². The maximum absolute atomic E-state index is 12.5. The number of nitrogens with zero attached hydrogens (tertiary/aromatic N) is 2. The summed E-state index contributed by atoms with van der Waals surface area (Å²) < 4.78 is 0. The van der Waals surface area contributed by atoms with E-state index in [1.165, 1.54) is 18.4 Å². The van der Waals surface area contributed by atoms with Gasteiger partial charge in [0.05, 0.1) is 12.0 Å². The van der Waals surface area contributed by atoms with E-state index in [4.69, 9.17) is 0 Å². The van der Waals surface area contributed by atoms with Gasteiger partial charge >= 0.3 is 0 Å². The third-order valence-corrected chi connectivity index (χ3v) is 5.25. The van der Waals surface area contributed by atoms with Crippen molar-refractivity contribution in [3.8, 4) is 0 Å². The maximum Gasteiger partial charge on any atom is 0.226 e. The summed E-state index contributed by atoms with van der Waals surface area (Å²) in [4.78, 5) is 31.0. The third kappa shape index (κ3) is 4.91. The summed E-state index contributed by atoms with van der Waals surface area (Å²) in [7, 11) is 1.65. The molecule has 1 aliphatic carbocycles. The minimum atomic E-state index is -0.217. The van der Waals surface area contributed by atoms with Gasteiger partial charge in [-0.3, -0.25) is 19.5 Å². The summed E-state index contributed by atoms with van der Waals surface area (Å²) in [6.45, 7) is 2.09. The van der Waals surface area contributed by atoms with Gasteiger partial charge in [-0.1, -0.05) is 11.6 Å². The average molecular weight is 356 g/mol. The molecule has 0 unspecified atom stereocenters. The van der Waals surface area contributed by atoms with E-state index in [-0.39, 0.29) is 23.8 Å². The molecule has 1 fully saturated rings. The highest BCUT2D eigenvalue weighted by Crippen LogP contribution is 2.22. The van der Waals surface area contributed by atoms with E-state index in [0.29, 0.717) is 19.5 Å². The van der Waals surface area contributed by atoms with Crippen LogP contribution in [0.1, 0.15) is 37.7 Å². The van der Waals surface area contributed by atoms with Gasteiger partial charge in [0.25, 0.3) is 0 Å². The molecule has 140 valence electrons. The molecule has 2 amide bonds. The molecular weight excluding hydrogens is 328 g/mol. The van der Waals surface area contributed by atoms with Gasteiger partial charge in [-0.2, -0.15) is 0 Å². The molecule has 6 heteroatoms. The fraction of sp³-hybridized carbons (Fsp3) is 0.550. The smallest absolute Gasteiger partial charge is 0.226 e. The van der Waals surface area contributed by atoms with E-state index in [1.54, 1.807) is 19.4 Å². The highest BCUT2D eigenvalue weighted by Gasteiger charge is 2.38. The predicted molar refractivity (Wildman–Crippen MR) is 100 cm³/mol. The molecule has 1 aliphatic heterocycles. The highest BCUT2D eigenvalue weighted by molar-refractivity contribution is 5.83. The summed E-state index contributed by atoms with van der Waals surface area (Å²) in [6.07, 6.45) is 10.7. The monoisotopic (exact) mass is 356 g/mol. The Labute approximate surface area is 155 Å². The lowest BCUT2D eigenvalue weighted by molar-refractivity contribution is -0.125.